The second kappa shape index (κ2) is 11.2. The van der Waals surface area contributed by atoms with Gasteiger partial charge in [-0.3, -0.25) is 4.79 Å². The van der Waals surface area contributed by atoms with Crippen LogP contribution in [0, 0.1) is 0 Å². The lowest BCUT2D eigenvalue weighted by Crippen LogP contribution is -2.45. The van der Waals surface area contributed by atoms with E-state index in [1.807, 2.05) is 30.0 Å². The molecule has 34 heavy (non-hydrogen) atoms. The third-order valence-electron chi connectivity index (χ3n) is 5.86. The van der Waals surface area contributed by atoms with E-state index >= 15 is 0 Å². The smallest absolute Gasteiger partial charge is 0.347 e. The minimum Gasteiger partial charge on any atom is -0.493 e. The van der Waals surface area contributed by atoms with Gasteiger partial charge < -0.3 is 29.5 Å². The van der Waals surface area contributed by atoms with E-state index in [-0.39, 0.29) is 11.9 Å². The lowest BCUT2D eigenvalue weighted by Gasteiger charge is -2.35. The van der Waals surface area contributed by atoms with Crippen LogP contribution >= 0.6 is 0 Å². The van der Waals surface area contributed by atoms with Gasteiger partial charge in [-0.1, -0.05) is 12.1 Å². The Balaban J connectivity index is 1.89. The van der Waals surface area contributed by atoms with Gasteiger partial charge in [-0.15, -0.1) is 0 Å². The average molecular weight is 471 g/mol. The first-order chi connectivity index (χ1) is 16.2. The number of piperidine rings is 1. The molecule has 8 nitrogen and oxygen atoms in total. The molecule has 184 valence electrons. The van der Waals surface area contributed by atoms with Crippen molar-refractivity contribution in [1.29, 1.82) is 0 Å². The van der Waals surface area contributed by atoms with Gasteiger partial charge in [0.05, 0.1) is 13.7 Å². The Morgan fingerprint density at radius 3 is 2.50 bits per heavy atom. The quantitative estimate of drug-likeness (QED) is 0.546. The highest BCUT2D eigenvalue weighted by molar-refractivity contribution is 5.95. The second-order valence-electron chi connectivity index (χ2n) is 8.78. The van der Waals surface area contributed by atoms with Crippen molar-refractivity contribution in [3.8, 4) is 17.2 Å². The summed E-state index contributed by atoms with van der Waals surface area (Å²) in [6, 6.07) is 12.5. The Bertz CT molecular complexity index is 1000. The van der Waals surface area contributed by atoms with E-state index in [2.05, 4.69) is 5.32 Å². The highest BCUT2D eigenvalue weighted by Gasteiger charge is 2.30. The topological polar surface area (TPSA) is 97.3 Å². The molecule has 2 aromatic carbocycles. The summed E-state index contributed by atoms with van der Waals surface area (Å²) in [4.78, 5) is 27.1. The molecule has 0 bridgehead atoms. The first-order valence-corrected chi connectivity index (χ1v) is 11.6. The summed E-state index contributed by atoms with van der Waals surface area (Å²) in [6.45, 7) is 7.48. The van der Waals surface area contributed by atoms with Crippen molar-refractivity contribution in [1.82, 2.24) is 10.2 Å². The SMILES string of the molecule is CCOc1cc(CN(C(=O)c2cccc(OC(C)(C)C(=O)O)c2)C2CCNCC2)ccc1OC. The van der Waals surface area contributed by atoms with Crippen molar-refractivity contribution >= 4 is 11.9 Å². The van der Waals surface area contributed by atoms with Gasteiger partial charge in [-0.2, -0.15) is 0 Å². The van der Waals surface area contributed by atoms with Gasteiger partial charge in [0.15, 0.2) is 17.1 Å². The Labute approximate surface area is 200 Å². The van der Waals surface area contributed by atoms with Crippen molar-refractivity contribution in [2.24, 2.45) is 0 Å². The van der Waals surface area contributed by atoms with Crippen LogP contribution in [-0.2, 0) is 11.3 Å². The fraction of sp³-hybridized carbons (Fsp3) is 0.462. The maximum atomic E-state index is 13.7. The summed E-state index contributed by atoms with van der Waals surface area (Å²) < 4.78 is 16.8. The zero-order valence-corrected chi connectivity index (χ0v) is 20.3. The van der Waals surface area contributed by atoms with Crippen LogP contribution in [-0.4, -0.2) is 60.3 Å². The maximum absolute atomic E-state index is 13.7. The highest BCUT2D eigenvalue weighted by Crippen LogP contribution is 2.30. The number of hydrogen-bond donors (Lipinski definition) is 2. The summed E-state index contributed by atoms with van der Waals surface area (Å²) >= 11 is 0. The van der Waals surface area contributed by atoms with Gasteiger partial charge in [-0.05, 0) is 82.6 Å². The van der Waals surface area contributed by atoms with Gasteiger partial charge in [0.25, 0.3) is 5.91 Å². The molecule has 8 heteroatoms. The molecule has 0 saturated carbocycles. The number of hydrogen-bond acceptors (Lipinski definition) is 6. The molecular formula is C26H34N2O6. The molecule has 0 atom stereocenters. The van der Waals surface area contributed by atoms with Gasteiger partial charge in [-0.25, -0.2) is 4.79 Å². The molecule has 1 aliphatic rings. The Hall–Kier alpha value is -3.26. The Morgan fingerprint density at radius 1 is 1.12 bits per heavy atom. The number of nitrogens with one attached hydrogen (secondary N) is 1. The van der Waals surface area contributed by atoms with Crippen LogP contribution in [0.1, 0.15) is 49.5 Å². The zero-order valence-electron chi connectivity index (χ0n) is 20.3. The van der Waals surface area contributed by atoms with E-state index in [1.54, 1.807) is 31.4 Å². The minimum absolute atomic E-state index is 0.0754. The maximum Gasteiger partial charge on any atom is 0.347 e. The molecule has 1 fully saturated rings. The number of ether oxygens (including phenoxy) is 3. The van der Waals surface area contributed by atoms with Crippen LogP contribution in [0.5, 0.6) is 17.2 Å². The van der Waals surface area contributed by atoms with Crippen LogP contribution in [0.15, 0.2) is 42.5 Å². The standard InChI is InChI=1S/C26H34N2O6/c1-5-33-23-15-18(9-10-22(23)32-4)17-28(20-11-13-27-14-12-20)24(29)19-7-6-8-21(16-19)34-26(2,3)25(30)31/h6-10,15-16,20,27H,5,11-14,17H2,1-4H3,(H,30,31). The lowest BCUT2D eigenvalue weighted by molar-refractivity contribution is -0.152. The van der Waals surface area contributed by atoms with Gasteiger partial charge in [0, 0.05) is 18.2 Å². The molecule has 0 unspecified atom stereocenters. The molecule has 1 amide bonds. The monoisotopic (exact) mass is 470 g/mol. The number of carbonyl (C=O) groups is 2. The number of carboxylic acid groups (broad SMARTS) is 1. The van der Waals surface area contributed by atoms with E-state index in [4.69, 9.17) is 14.2 Å². The summed E-state index contributed by atoms with van der Waals surface area (Å²) in [5.41, 5.74) is -0.0128. The molecule has 1 aliphatic heterocycles. The number of carbonyl (C=O) groups excluding carboxylic acids is 1. The number of aliphatic carboxylic acids is 1. The molecule has 0 aliphatic carbocycles. The van der Waals surface area contributed by atoms with Crippen molar-refractivity contribution in [2.75, 3.05) is 26.8 Å². The van der Waals surface area contributed by atoms with Gasteiger partial charge in [0.2, 0.25) is 0 Å². The summed E-state index contributed by atoms with van der Waals surface area (Å²) in [6.07, 6.45) is 1.70. The highest BCUT2D eigenvalue weighted by atomic mass is 16.5. The normalized spacial score (nSPS) is 14.4. The fourth-order valence-electron chi connectivity index (χ4n) is 3.97. The predicted octanol–water partition coefficient (Wildman–Crippen LogP) is 3.73. The molecule has 2 aromatic rings. The van der Waals surface area contributed by atoms with Crippen molar-refractivity contribution in [3.63, 3.8) is 0 Å². The van der Waals surface area contributed by atoms with E-state index < -0.39 is 11.6 Å². The third-order valence-corrected chi connectivity index (χ3v) is 5.86. The number of amides is 1. The number of benzene rings is 2. The van der Waals surface area contributed by atoms with E-state index in [9.17, 15) is 14.7 Å². The van der Waals surface area contributed by atoms with Gasteiger partial charge in [0.1, 0.15) is 5.75 Å². The van der Waals surface area contributed by atoms with Crippen LogP contribution in [0.2, 0.25) is 0 Å². The zero-order chi connectivity index (χ0) is 24.7. The van der Waals surface area contributed by atoms with Crippen LogP contribution in [0.4, 0.5) is 0 Å². The second-order valence-corrected chi connectivity index (χ2v) is 8.78. The molecule has 0 radical (unpaired) electrons. The fourth-order valence-corrected chi connectivity index (χ4v) is 3.97. The lowest BCUT2D eigenvalue weighted by atomic mass is 10.0. The summed E-state index contributed by atoms with van der Waals surface area (Å²) in [5, 5.41) is 12.7. The van der Waals surface area contributed by atoms with Crippen LogP contribution < -0.4 is 19.5 Å². The largest absolute Gasteiger partial charge is 0.493 e. The number of rotatable bonds is 10. The molecule has 2 N–H and O–H groups in total. The molecule has 3 rings (SSSR count). The number of carboxylic acids is 1. The first-order valence-electron chi connectivity index (χ1n) is 11.6. The average Bonchev–Trinajstić information content (AvgIpc) is 2.83. The third kappa shape index (κ3) is 6.20. The molecule has 1 saturated heterocycles. The minimum atomic E-state index is -1.41. The van der Waals surface area contributed by atoms with E-state index in [0.29, 0.717) is 36.0 Å². The molecule has 0 aromatic heterocycles. The van der Waals surface area contributed by atoms with E-state index in [1.165, 1.54) is 13.8 Å². The van der Waals surface area contributed by atoms with Crippen molar-refractivity contribution < 1.29 is 28.9 Å². The molecule has 1 heterocycles. The summed E-state index contributed by atoms with van der Waals surface area (Å²) in [5.74, 6) is 0.429. The number of methoxy groups -OCH3 is 1. The number of nitrogens with zero attached hydrogens (tertiary/aromatic N) is 1. The molecule has 0 spiro atoms. The van der Waals surface area contributed by atoms with E-state index in [0.717, 1.165) is 31.5 Å². The Kier molecular flexibility index (Phi) is 8.39. The Morgan fingerprint density at radius 2 is 1.85 bits per heavy atom. The predicted molar refractivity (Wildman–Crippen MR) is 129 cm³/mol. The molecular weight excluding hydrogens is 436 g/mol. The van der Waals surface area contributed by atoms with Gasteiger partial charge >= 0.3 is 5.97 Å². The van der Waals surface area contributed by atoms with Crippen molar-refractivity contribution in [2.45, 2.75) is 51.8 Å². The van der Waals surface area contributed by atoms with Crippen molar-refractivity contribution in [3.05, 3.63) is 53.6 Å². The van der Waals surface area contributed by atoms with Crippen LogP contribution in [0.25, 0.3) is 0 Å². The van der Waals surface area contributed by atoms with Crippen LogP contribution in [0.3, 0.4) is 0 Å². The first kappa shape index (κ1) is 25.4. The summed E-state index contributed by atoms with van der Waals surface area (Å²) in [7, 11) is 1.60.